The number of aryl methyl sites for hydroxylation is 1. The number of rotatable bonds is 3. The number of benzene rings is 2. The summed E-state index contributed by atoms with van der Waals surface area (Å²) in [6, 6.07) is 13.0. The second-order valence-electron chi connectivity index (χ2n) is 5.12. The number of methoxy groups -OCH3 is 1. The summed E-state index contributed by atoms with van der Waals surface area (Å²) in [6.45, 7) is 0. The SMILES string of the molecule is COc1cccc(C(=O)NC2CCc3ccccc32)c1O. The molecule has 0 bridgehead atoms. The number of carbonyl (C=O) groups is 1. The molecular weight excluding hydrogens is 266 g/mol. The molecule has 0 saturated heterocycles. The van der Waals surface area contributed by atoms with Crippen molar-refractivity contribution < 1.29 is 14.6 Å². The van der Waals surface area contributed by atoms with Crippen LogP contribution in [0, 0.1) is 0 Å². The van der Waals surface area contributed by atoms with Gasteiger partial charge in [0.1, 0.15) is 0 Å². The molecule has 2 aromatic carbocycles. The van der Waals surface area contributed by atoms with Crippen molar-refractivity contribution in [2.75, 3.05) is 7.11 Å². The van der Waals surface area contributed by atoms with Crippen molar-refractivity contribution in [1.29, 1.82) is 0 Å². The zero-order chi connectivity index (χ0) is 14.8. The van der Waals surface area contributed by atoms with E-state index >= 15 is 0 Å². The lowest BCUT2D eigenvalue weighted by Crippen LogP contribution is -2.27. The molecule has 1 aliphatic carbocycles. The minimum absolute atomic E-state index is 0.000647. The van der Waals surface area contributed by atoms with Crippen LogP contribution in [0.25, 0.3) is 0 Å². The Balaban J connectivity index is 1.82. The lowest BCUT2D eigenvalue weighted by Gasteiger charge is -2.15. The maximum absolute atomic E-state index is 12.4. The van der Waals surface area contributed by atoms with Crippen LogP contribution >= 0.6 is 0 Å². The zero-order valence-corrected chi connectivity index (χ0v) is 11.8. The Morgan fingerprint density at radius 3 is 2.86 bits per heavy atom. The molecule has 4 nitrogen and oxygen atoms in total. The maximum Gasteiger partial charge on any atom is 0.255 e. The standard InChI is InChI=1S/C17H17NO3/c1-21-15-8-4-7-13(16(15)19)17(20)18-14-10-9-11-5-2-3-6-12(11)14/h2-8,14,19H,9-10H2,1H3,(H,18,20). The van der Waals surface area contributed by atoms with E-state index in [1.54, 1.807) is 18.2 Å². The number of fused-ring (bicyclic) bond motifs is 1. The Morgan fingerprint density at radius 2 is 2.05 bits per heavy atom. The normalized spacial score (nSPS) is 16.3. The van der Waals surface area contributed by atoms with Gasteiger partial charge < -0.3 is 15.2 Å². The summed E-state index contributed by atoms with van der Waals surface area (Å²) in [7, 11) is 1.46. The molecule has 108 valence electrons. The highest BCUT2D eigenvalue weighted by atomic mass is 16.5. The monoisotopic (exact) mass is 283 g/mol. The van der Waals surface area contributed by atoms with Crippen LogP contribution in [0.1, 0.15) is 33.9 Å². The Bertz CT molecular complexity index is 681. The van der Waals surface area contributed by atoms with Gasteiger partial charge >= 0.3 is 0 Å². The van der Waals surface area contributed by atoms with Gasteiger partial charge in [-0.15, -0.1) is 0 Å². The van der Waals surface area contributed by atoms with Gasteiger partial charge in [0.2, 0.25) is 0 Å². The highest BCUT2D eigenvalue weighted by molar-refractivity contribution is 5.97. The third-order valence-corrected chi connectivity index (χ3v) is 3.90. The minimum Gasteiger partial charge on any atom is -0.504 e. The predicted molar refractivity (Wildman–Crippen MR) is 79.6 cm³/mol. The van der Waals surface area contributed by atoms with Crippen LogP contribution in [0.2, 0.25) is 0 Å². The number of aromatic hydroxyl groups is 1. The van der Waals surface area contributed by atoms with Crippen LogP contribution in [0.4, 0.5) is 0 Å². The first-order chi connectivity index (χ1) is 10.2. The fraction of sp³-hybridized carbons (Fsp3) is 0.235. The molecule has 0 aliphatic heterocycles. The summed E-state index contributed by atoms with van der Waals surface area (Å²) in [6.07, 6.45) is 1.85. The lowest BCUT2D eigenvalue weighted by atomic mass is 10.1. The molecule has 1 aliphatic rings. The lowest BCUT2D eigenvalue weighted by molar-refractivity contribution is 0.0933. The largest absolute Gasteiger partial charge is 0.504 e. The van der Waals surface area contributed by atoms with E-state index in [0.717, 1.165) is 18.4 Å². The van der Waals surface area contributed by atoms with Gasteiger partial charge in [0, 0.05) is 0 Å². The molecule has 2 aromatic rings. The highest BCUT2D eigenvalue weighted by Gasteiger charge is 2.25. The van der Waals surface area contributed by atoms with Crippen LogP contribution in [-0.2, 0) is 6.42 Å². The van der Waals surface area contributed by atoms with Crippen molar-refractivity contribution in [2.45, 2.75) is 18.9 Å². The molecule has 0 saturated carbocycles. The number of phenols is 1. The third-order valence-electron chi connectivity index (χ3n) is 3.90. The topological polar surface area (TPSA) is 58.6 Å². The molecule has 21 heavy (non-hydrogen) atoms. The summed E-state index contributed by atoms with van der Waals surface area (Å²) in [4.78, 5) is 12.4. The number of nitrogens with one attached hydrogen (secondary N) is 1. The second-order valence-corrected chi connectivity index (χ2v) is 5.12. The van der Waals surface area contributed by atoms with E-state index in [1.165, 1.54) is 12.7 Å². The molecule has 0 fully saturated rings. The number of hydrogen-bond acceptors (Lipinski definition) is 3. The van der Waals surface area contributed by atoms with Gasteiger partial charge in [-0.3, -0.25) is 4.79 Å². The van der Waals surface area contributed by atoms with E-state index in [9.17, 15) is 9.90 Å². The summed E-state index contributed by atoms with van der Waals surface area (Å²) >= 11 is 0. The van der Waals surface area contributed by atoms with Crippen molar-refractivity contribution in [3.05, 3.63) is 59.2 Å². The number of carbonyl (C=O) groups excluding carboxylic acids is 1. The van der Waals surface area contributed by atoms with Gasteiger partial charge in [0.05, 0.1) is 18.7 Å². The molecule has 4 heteroatoms. The van der Waals surface area contributed by atoms with E-state index in [-0.39, 0.29) is 23.3 Å². The number of phenolic OH excluding ortho intramolecular Hbond substituents is 1. The smallest absolute Gasteiger partial charge is 0.255 e. The first-order valence-corrected chi connectivity index (χ1v) is 6.95. The fourth-order valence-electron chi connectivity index (χ4n) is 2.81. The molecular formula is C17H17NO3. The number of amides is 1. The minimum atomic E-state index is -0.284. The summed E-state index contributed by atoms with van der Waals surface area (Å²) in [5.74, 6) is -0.105. The Hall–Kier alpha value is -2.49. The molecule has 2 N–H and O–H groups in total. The summed E-state index contributed by atoms with van der Waals surface area (Å²) in [5.41, 5.74) is 2.67. The Kier molecular flexibility index (Phi) is 3.52. The van der Waals surface area contributed by atoms with Crippen molar-refractivity contribution in [1.82, 2.24) is 5.32 Å². The van der Waals surface area contributed by atoms with Crippen molar-refractivity contribution in [2.24, 2.45) is 0 Å². The molecule has 0 radical (unpaired) electrons. The highest BCUT2D eigenvalue weighted by Crippen LogP contribution is 2.33. The Morgan fingerprint density at radius 1 is 1.24 bits per heavy atom. The van der Waals surface area contributed by atoms with Gasteiger partial charge in [-0.2, -0.15) is 0 Å². The van der Waals surface area contributed by atoms with E-state index in [1.807, 2.05) is 18.2 Å². The van der Waals surface area contributed by atoms with Crippen LogP contribution in [-0.4, -0.2) is 18.1 Å². The van der Waals surface area contributed by atoms with Crippen LogP contribution in [0.15, 0.2) is 42.5 Å². The summed E-state index contributed by atoms with van der Waals surface area (Å²) < 4.78 is 5.03. The van der Waals surface area contributed by atoms with Crippen molar-refractivity contribution in [3.63, 3.8) is 0 Å². The second kappa shape index (κ2) is 5.48. The molecule has 0 aromatic heterocycles. The van der Waals surface area contributed by atoms with Crippen LogP contribution in [0.3, 0.4) is 0 Å². The zero-order valence-electron chi connectivity index (χ0n) is 11.8. The van der Waals surface area contributed by atoms with Crippen molar-refractivity contribution >= 4 is 5.91 Å². The van der Waals surface area contributed by atoms with Crippen LogP contribution < -0.4 is 10.1 Å². The first kappa shape index (κ1) is 13.5. The molecule has 1 atom stereocenters. The van der Waals surface area contributed by atoms with Gasteiger partial charge in [-0.1, -0.05) is 30.3 Å². The Labute approximate surface area is 123 Å². The van der Waals surface area contributed by atoms with E-state index in [2.05, 4.69) is 11.4 Å². The third kappa shape index (κ3) is 2.44. The van der Waals surface area contributed by atoms with Gasteiger partial charge in [0.25, 0.3) is 5.91 Å². The van der Waals surface area contributed by atoms with E-state index in [0.29, 0.717) is 5.75 Å². The van der Waals surface area contributed by atoms with Crippen LogP contribution in [0.5, 0.6) is 11.5 Å². The first-order valence-electron chi connectivity index (χ1n) is 6.95. The summed E-state index contributed by atoms with van der Waals surface area (Å²) in [5, 5.41) is 13.0. The maximum atomic E-state index is 12.4. The molecule has 3 rings (SSSR count). The fourth-order valence-corrected chi connectivity index (χ4v) is 2.81. The number of para-hydroxylation sites is 1. The molecule has 1 amide bonds. The molecule has 0 heterocycles. The quantitative estimate of drug-likeness (QED) is 0.910. The average Bonchev–Trinajstić information content (AvgIpc) is 2.91. The number of hydrogen-bond donors (Lipinski definition) is 2. The van der Waals surface area contributed by atoms with Gasteiger partial charge in [-0.25, -0.2) is 0 Å². The van der Waals surface area contributed by atoms with E-state index < -0.39 is 0 Å². The predicted octanol–water partition coefficient (Wildman–Crippen LogP) is 2.82. The van der Waals surface area contributed by atoms with Gasteiger partial charge in [0.15, 0.2) is 11.5 Å². The van der Waals surface area contributed by atoms with Crippen molar-refractivity contribution in [3.8, 4) is 11.5 Å². The average molecular weight is 283 g/mol. The van der Waals surface area contributed by atoms with E-state index in [4.69, 9.17) is 4.74 Å². The molecule has 1 unspecified atom stereocenters. The van der Waals surface area contributed by atoms with Gasteiger partial charge in [-0.05, 0) is 36.1 Å². The molecule has 0 spiro atoms. The number of ether oxygens (including phenoxy) is 1.